The minimum atomic E-state index is -0.702. The van der Waals surface area contributed by atoms with Gasteiger partial charge in [-0.15, -0.1) is 11.3 Å². The van der Waals surface area contributed by atoms with E-state index in [-0.39, 0.29) is 23.0 Å². The third kappa shape index (κ3) is 3.95. The molecule has 2 aromatic rings. The van der Waals surface area contributed by atoms with Crippen LogP contribution in [0.5, 0.6) is 0 Å². The van der Waals surface area contributed by atoms with Gasteiger partial charge in [-0.3, -0.25) is 4.79 Å². The molecule has 0 atom stereocenters. The van der Waals surface area contributed by atoms with Crippen molar-refractivity contribution in [1.29, 1.82) is 0 Å². The molecule has 1 aliphatic rings. The van der Waals surface area contributed by atoms with Gasteiger partial charge in [-0.1, -0.05) is 36.0 Å². The second kappa shape index (κ2) is 8.16. The molecule has 1 aromatic carbocycles. The van der Waals surface area contributed by atoms with E-state index in [1.165, 1.54) is 11.3 Å². The Morgan fingerprint density at radius 2 is 1.96 bits per heavy atom. The third-order valence-electron chi connectivity index (χ3n) is 3.41. The van der Waals surface area contributed by atoms with E-state index in [0.29, 0.717) is 10.5 Å². The van der Waals surface area contributed by atoms with E-state index in [4.69, 9.17) is 4.74 Å². The van der Waals surface area contributed by atoms with Gasteiger partial charge in [0.05, 0.1) is 11.5 Å². The van der Waals surface area contributed by atoms with Crippen LogP contribution < -0.4 is 0 Å². The van der Waals surface area contributed by atoms with Crippen LogP contribution in [0.4, 0.5) is 0 Å². The number of carbonyl (C=O) groups is 2. The SMILES string of the molecule is CCOC(=O)C1=C(O)/C(=C/c2cccs2)SC1=NC(=O)c1ccccc1. The number of aliphatic imine (C=N–C) groups is 1. The number of aliphatic hydroxyl groups excluding tert-OH is 1. The molecule has 7 heteroatoms. The monoisotopic (exact) mass is 385 g/mol. The van der Waals surface area contributed by atoms with Crippen molar-refractivity contribution in [1.82, 2.24) is 0 Å². The van der Waals surface area contributed by atoms with Gasteiger partial charge in [0, 0.05) is 10.4 Å². The van der Waals surface area contributed by atoms with Crippen molar-refractivity contribution in [2.24, 2.45) is 4.99 Å². The summed E-state index contributed by atoms with van der Waals surface area (Å²) in [7, 11) is 0. The summed E-state index contributed by atoms with van der Waals surface area (Å²) in [6.07, 6.45) is 1.75. The molecule has 0 saturated heterocycles. The van der Waals surface area contributed by atoms with E-state index in [9.17, 15) is 14.7 Å². The van der Waals surface area contributed by atoms with Crippen LogP contribution in [0.2, 0.25) is 0 Å². The van der Waals surface area contributed by atoms with Crippen molar-refractivity contribution in [2.45, 2.75) is 6.92 Å². The summed E-state index contributed by atoms with van der Waals surface area (Å²) < 4.78 is 5.01. The number of hydrogen-bond acceptors (Lipinski definition) is 6. The Kier molecular flexibility index (Phi) is 5.70. The van der Waals surface area contributed by atoms with Gasteiger partial charge < -0.3 is 9.84 Å². The molecular formula is C19H15NO4S2. The van der Waals surface area contributed by atoms with Gasteiger partial charge in [0.2, 0.25) is 0 Å². The molecular weight excluding hydrogens is 370 g/mol. The maximum Gasteiger partial charge on any atom is 0.344 e. The van der Waals surface area contributed by atoms with Gasteiger partial charge in [-0.05, 0) is 36.6 Å². The normalized spacial score (nSPS) is 17.1. The first-order chi connectivity index (χ1) is 12.6. The fraction of sp³-hybridized carbons (Fsp3) is 0.105. The van der Waals surface area contributed by atoms with Gasteiger partial charge in [0.25, 0.3) is 5.91 Å². The lowest BCUT2D eigenvalue weighted by Gasteiger charge is -2.03. The summed E-state index contributed by atoms with van der Waals surface area (Å²) in [5.41, 5.74) is 0.322. The van der Waals surface area contributed by atoms with Gasteiger partial charge in [-0.25, -0.2) is 9.79 Å². The maximum atomic E-state index is 12.4. The summed E-state index contributed by atoms with van der Waals surface area (Å²) >= 11 is 2.57. The van der Waals surface area contributed by atoms with Crippen LogP contribution in [0.3, 0.4) is 0 Å². The first kappa shape index (κ1) is 18.2. The lowest BCUT2D eigenvalue weighted by atomic mass is 10.2. The number of amides is 1. The highest BCUT2D eigenvalue weighted by Gasteiger charge is 2.33. The van der Waals surface area contributed by atoms with Gasteiger partial charge >= 0.3 is 5.97 Å². The molecule has 5 nitrogen and oxygen atoms in total. The topological polar surface area (TPSA) is 76.0 Å². The van der Waals surface area contributed by atoms with Gasteiger partial charge in [-0.2, -0.15) is 0 Å². The zero-order valence-corrected chi connectivity index (χ0v) is 15.5. The van der Waals surface area contributed by atoms with E-state index < -0.39 is 11.9 Å². The average molecular weight is 385 g/mol. The average Bonchev–Trinajstić information content (AvgIpc) is 3.25. The highest BCUT2D eigenvalue weighted by atomic mass is 32.2. The summed E-state index contributed by atoms with van der Waals surface area (Å²) in [6, 6.07) is 12.3. The molecule has 0 saturated carbocycles. The fourth-order valence-electron chi connectivity index (χ4n) is 2.23. The first-order valence-electron chi connectivity index (χ1n) is 7.82. The van der Waals surface area contributed by atoms with Crippen molar-refractivity contribution in [2.75, 3.05) is 6.61 Å². The van der Waals surface area contributed by atoms with Crippen molar-refractivity contribution in [3.63, 3.8) is 0 Å². The van der Waals surface area contributed by atoms with Crippen LogP contribution in [0.15, 0.2) is 69.1 Å². The number of esters is 1. The Labute approximate surface area is 158 Å². The minimum absolute atomic E-state index is 0.0797. The van der Waals surface area contributed by atoms with Crippen LogP contribution in [0.25, 0.3) is 6.08 Å². The molecule has 1 aliphatic heterocycles. The van der Waals surface area contributed by atoms with Gasteiger partial charge in [0.15, 0.2) is 0 Å². The lowest BCUT2D eigenvalue weighted by Crippen LogP contribution is -2.14. The standard InChI is InChI=1S/C19H15NO4S2/c1-2-24-19(23)15-16(21)14(11-13-9-6-10-25-13)26-18(15)20-17(22)12-7-4-3-5-8-12/h3-11,21H,2H2,1H3/b14-11-,20-18?. The van der Waals surface area contributed by atoms with Crippen molar-refractivity contribution in [3.05, 3.63) is 74.5 Å². The van der Waals surface area contributed by atoms with Crippen molar-refractivity contribution in [3.8, 4) is 0 Å². The molecule has 26 heavy (non-hydrogen) atoms. The largest absolute Gasteiger partial charge is 0.506 e. The summed E-state index contributed by atoms with van der Waals surface area (Å²) in [5.74, 6) is -1.41. The Morgan fingerprint density at radius 1 is 1.19 bits per heavy atom. The van der Waals surface area contributed by atoms with Crippen LogP contribution >= 0.6 is 23.1 Å². The van der Waals surface area contributed by atoms with E-state index in [1.807, 2.05) is 17.5 Å². The molecule has 0 unspecified atom stereocenters. The second-order valence-electron chi connectivity index (χ2n) is 5.16. The number of thioether (sulfide) groups is 1. The summed E-state index contributed by atoms with van der Waals surface area (Å²) in [5, 5.41) is 12.5. The number of nitrogens with zero attached hydrogens (tertiary/aromatic N) is 1. The molecule has 3 rings (SSSR count). The zero-order valence-electron chi connectivity index (χ0n) is 13.8. The quantitative estimate of drug-likeness (QED) is 0.787. The fourth-order valence-corrected chi connectivity index (χ4v) is 3.97. The molecule has 0 aliphatic carbocycles. The highest BCUT2D eigenvalue weighted by Crippen LogP contribution is 2.39. The number of thiophene rings is 1. The predicted molar refractivity (Wildman–Crippen MR) is 104 cm³/mol. The molecule has 1 N–H and O–H groups in total. The maximum absolute atomic E-state index is 12.4. The molecule has 0 fully saturated rings. The van der Waals surface area contributed by atoms with Crippen molar-refractivity contribution >= 4 is 46.1 Å². The number of benzene rings is 1. The van der Waals surface area contributed by atoms with Crippen LogP contribution in [-0.4, -0.2) is 28.6 Å². The van der Waals surface area contributed by atoms with Crippen LogP contribution in [0.1, 0.15) is 22.2 Å². The molecule has 0 bridgehead atoms. The second-order valence-corrected chi connectivity index (χ2v) is 7.17. The Balaban J connectivity index is 1.99. The van der Waals surface area contributed by atoms with Crippen LogP contribution in [-0.2, 0) is 9.53 Å². The Bertz CT molecular complexity index is 912. The predicted octanol–water partition coefficient (Wildman–Crippen LogP) is 4.45. The van der Waals surface area contributed by atoms with Crippen molar-refractivity contribution < 1.29 is 19.4 Å². The number of carbonyl (C=O) groups excluding carboxylic acids is 2. The summed E-state index contributed by atoms with van der Waals surface area (Å²) in [4.78, 5) is 30.1. The summed E-state index contributed by atoms with van der Waals surface area (Å²) in [6.45, 7) is 1.83. The molecule has 1 amide bonds. The third-order valence-corrected chi connectivity index (χ3v) is 5.25. The molecule has 0 spiro atoms. The van der Waals surface area contributed by atoms with Crippen LogP contribution in [0, 0.1) is 0 Å². The van der Waals surface area contributed by atoms with Gasteiger partial charge in [0.1, 0.15) is 16.4 Å². The smallest absolute Gasteiger partial charge is 0.344 e. The van der Waals surface area contributed by atoms with E-state index in [0.717, 1.165) is 16.6 Å². The molecule has 1 aromatic heterocycles. The lowest BCUT2D eigenvalue weighted by molar-refractivity contribution is -0.138. The number of ether oxygens (including phenoxy) is 1. The number of hydrogen-bond donors (Lipinski definition) is 1. The number of aliphatic hydroxyl groups is 1. The molecule has 0 radical (unpaired) electrons. The number of rotatable bonds is 4. The Hall–Kier alpha value is -2.64. The van der Waals surface area contributed by atoms with E-state index >= 15 is 0 Å². The highest BCUT2D eigenvalue weighted by molar-refractivity contribution is 8.18. The Morgan fingerprint density at radius 3 is 2.62 bits per heavy atom. The minimum Gasteiger partial charge on any atom is -0.506 e. The molecule has 2 heterocycles. The zero-order chi connectivity index (χ0) is 18.5. The van der Waals surface area contributed by atoms with E-state index in [1.54, 1.807) is 43.3 Å². The van der Waals surface area contributed by atoms with E-state index in [2.05, 4.69) is 4.99 Å². The molecule has 132 valence electrons. The first-order valence-corrected chi connectivity index (χ1v) is 9.52.